The van der Waals surface area contributed by atoms with Crippen LogP contribution in [-0.4, -0.2) is 17.4 Å². The largest absolute Gasteiger partial charge is 0.338 e. The topological polar surface area (TPSA) is 20.3 Å². The monoisotopic (exact) mass is 231 g/mol. The quantitative estimate of drug-likeness (QED) is 0.711. The van der Waals surface area contributed by atoms with Gasteiger partial charge in [0.05, 0.1) is 0 Å². The molecule has 1 rings (SSSR count). The third-order valence-corrected chi connectivity index (χ3v) is 2.93. The first-order valence-electron chi connectivity index (χ1n) is 6.04. The van der Waals surface area contributed by atoms with Crippen LogP contribution in [0.2, 0.25) is 0 Å². The third-order valence-electron chi connectivity index (χ3n) is 2.93. The molecule has 0 saturated heterocycles. The number of nitrogens with zero attached hydrogens (tertiary/aromatic N) is 1. The molecule has 0 atom stereocenters. The number of carbonyl (C=O) groups is 1. The van der Waals surface area contributed by atoms with Crippen molar-refractivity contribution < 1.29 is 4.79 Å². The first kappa shape index (κ1) is 13.5. The maximum Gasteiger partial charge on any atom is 0.219 e. The Morgan fingerprint density at radius 1 is 1.24 bits per heavy atom. The average molecular weight is 231 g/mol. The fraction of sp³-hybridized carbons (Fsp3) is 0.400. The molecule has 0 aromatic heterocycles. The van der Waals surface area contributed by atoms with Gasteiger partial charge in [0, 0.05) is 20.0 Å². The highest BCUT2D eigenvalue weighted by Crippen LogP contribution is 2.08. The normalized spacial score (nSPS) is 11.4. The van der Waals surface area contributed by atoms with Crippen LogP contribution in [0.4, 0.5) is 0 Å². The lowest BCUT2D eigenvalue weighted by atomic mass is 10.1. The van der Waals surface area contributed by atoms with Gasteiger partial charge < -0.3 is 4.90 Å². The molecule has 0 fully saturated rings. The molecule has 0 radical (unpaired) electrons. The second-order valence-corrected chi connectivity index (χ2v) is 4.31. The molecule has 2 heteroatoms. The third kappa shape index (κ3) is 4.85. The Labute approximate surface area is 104 Å². The highest BCUT2D eigenvalue weighted by molar-refractivity contribution is 5.73. The lowest BCUT2D eigenvalue weighted by Crippen LogP contribution is -2.29. The van der Waals surface area contributed by atoms with Gasteiger partial charge in [-0.2, -0.15) is 0 Å². The van der Waals surface area contributed by atoms with Gasteiger partial charge >= 0.3 is 0 Å². The van der Waals surface area contributed by atoms with E-state index in [2.05, 4.69) is 25.1 Å². The van der Waals surface area contributed by atoms with Gasteiger partial charge in [0.2, 0.25) is 5.91 Å². The van der Waals surface area contributed by atoms with Crippen LogP contribution in [0.1, 0.15) is 32.8 Å². The van der Waals surface area contributed by atoms with Crippen LogP contribution in [0, 0.1) is 0 Å². The molecule has 0 unspecified atom stereocenters. The average Bonchev–Trinajstić information content (AvgIpc) is 2.34. The van der Waals surface area contributed by atoms with E-state index in [1.165, 1.54) is 11.1 Å². The molecule has 1 aromatic carbocycles. The summed E-state index contributed by atoms with van der Waals surface area (Å²) in [7, 11) is 0. The Balaban J connectivity index is 2.58. The van der Waals surface area contributed by atoms with Crippen molar-refractivity contribution in [2.75, 3.05) is 6.54 Å². The summed E-state index contributed by atoms with van der Waals surface area (Å²) in [6.07, 6.45) is 3.05. The van der Waals surface area contributed by atoms with E-state index < -0.39 is 0 Å². The minimum atomic E-state index is 0.137. The molecular weight excluding hydrogens is 210 g/mol. The zero-order valence-electron chi connectivity index (χ0n) is 10.9. The van der Waals surface area contributed by atoms with Crippen LogP contribution >= 0.6 is 0 Å². The number of allylic oxidation sites excluding steroid dienone is 1. The van der Waals surface area contributed by atoms with Gasteiger partial charge in [0.1, 0.15) is 0 Å². The van der Waals surface area contributed by atoms with Gasteiger partial charge in [0.15, 0.2) is 0 Å². The highest BCUT2D eigenvalue weighted by Gasteiger charge is 2.08. The minimum Gasteiger partial charge on any atom is -0.338 e. The summed E-state index contributed by atoms with van der Waals surface area (Å²) in [4.78, 5) is 13.4. The zero-order valence-corrected chi connectivity index (χ0v) is 10.9. The van der Waals surface area contributed by atoms with Crippen molar-refractivity contribution in [3.05, 3.63) is 47.5 Å². The fourth-order valence-electron chi connectivity index (χ4n) is 1.61. The zero-order chi connectivity index (χ0) is 12.7. The van der Waals surface area contributed by atoms with E-state index >= 15 is 0 Å². The van der Waals surface area contributed by atoms with Crippen LogP contribution < -0.4 is 0 Å². The van der Waals surface area contributed by atoms with Crippen LogP contribution in [0.15, 0.2) is 42.0 Å². The molecule has 17 heavy (non-hydrogen) atoms. The van der Waals surface area contributed by atoms with Gasteiger partial charge in [-0.05, 0) is 25.8 Å². The van der Waals surface area contributed by atoms with Gasteiger partial charge in [-0.3, -0.25) is 4.79 Å². The molecule has 1 aromatic rings. The van der Waals surface area contributed by atoms with Crippen molar-refractivity contribution in [3.8, 4) is 0 Å². The second kappa shape index (κ2) is 6.89. The van der Waals surface area contributed by atoms with E-state index in [1.54, 1.807) is 6.92 Å². The van der Waals surface area contributed by atoms with E-state index in [0.717, 1.165) is 13.0 Å². The van der Waals surface area contributed by atoms with Crippen LogP contribution in [0.5, 0.6) is 0 Å². The highest BCUT2D eigenvalue weighted by atomic mass is 16.2. The Hall–Kier alpha value is -1.57. The molecule has 0 spiro atoms. The lowest BCUT2D eigenvalue weighted by Gasteiger charge is -2.21. The summed E-state index contributed by atoms with van der Waals surface area (Å²) in [6.45, 7) is 7.26. The van der Waals surface area contributed by atoms with Crippen LogP contribution in [0.25, 0.3) is 0 Å². The standard InChI is InChI=1S/C15H21NO/c1-4-13(2)10-11-16(14(3)17)12-15-8-6-5-7-9-15/h4-9H,10-12H2,1-3H3. The first-order valence-corrected chi connectivity index (χ1v) is 6.04. The second-order valence-electron chi connectivity index (χ2n) is 4.31. The van der Waals surface area contributed by atoms with E-state index in [1.807, 2.05) is 30.0 Å². The number of rotatable bonds is 5. The van der Waals surface area contributed by atoms with Crippen LogP contribution in [-0.2, 0) is 11.3 Å². The summed E-state index contributed by atoms with van der Waals surface area (Å²) in [6, 6.07) is 10.1. The van der Waals surface area contributed by atoms with Gasteiger partial charge in [-0.15, -0.1) is 0 Å². The van der Waals surface area contributed by atoms with Crippen LogP contribution in [0.3, 0.4) is 0 Å². The predicted octanol–water partition coefficient (Wildman–Crippen LogP) is 3.39. The Kier molecular flexibility index (Phi) is 5.47. The maximum absolute atomic E-state index is 11.6. The molecule has 92 valence electrons. The molecule has 0 bridgehead atoms. The molecule has 0 heterocycles. The van der Waals surface area contributed by atoms with Gasteiger partial charge in [0.25, 0.3) is 0 Å². The van der Waals surface area contributed by atoms with Crippen molar-refractivity contribution in [3.63, 3.8) is 0 Å². The molecule has 1 amide bonds. The van der Waals surface area contributed by atoms with Crippen molar-refractivity contribution >= 4 is 5.91 Å². The molecule has 0 aliphatic rings. The first-order chi connectivity index (χ1) is 8.13. The SMILES string of the molecule is CC=C(C)CCN(Cc1ccccc1)C(C)=O. The number of benzene rings is 1. The molecule has 0 saturated carbocycles. The summed E-state index contributed by atoms with van der Waals surface area (Å²) in [5.41, 5.74) is 2.50. The number of hydrogen-bond donors (Lipinski definition) is 0. The molecule has 0 aliphatic heterocycles. The van der Waals surface area contributed by atoms with Crippen molar-refractivity contribution in [2.45, 2.75) is 33.7 Å². The Morgan fingerprint density at radius 3 is 2.41 bits per heavy atom. The van der Waals surface area contributed by atoms with E-state index in [0.29, 0.717) is 6.54 Å². The molecule has 0 aliphatic carbocycles. The van der Waals surface area contributed by atoms with Crippen molar-refractivity contribution in [1.82, 2.24) is 4.90 Å². The summed E-state index contributed by atoms with van der Waals surface area (Å²) >= 11 is 0. The molecular formula is C15H21NO. The van der Waals surface area contributed by atoms with E-state index in [-0.39, 0.29) is 5.91 Å². The van der Waals surface area contributed by atoms with Crippen molar-refractivity contribution in [2.24, 2.45) is 0 Å². The molecule has 0 N–H and O–H groups in total. The smallest absolute Gasteiger partial charge is 0.219 e. The Morgan fingerprint density at radius 2 is 1.88 bits per heavy atom. The van der Waals surface area contributed by atoms with E-state index in [4.69, 9.17) is 0 Å². The lowest BCUT2D eigenvalue weighted by molar-refractivity contribution is -0.129. The van der Waals surface area contributed by atoms with E-state index in [9.17, 15) is 4.79 Å². The number of carbonyl (C=O) groups excluding carboxylic acids is 1. The summed E-state index contributed by atoms with van der Waals surface area (Å²) in [5, 5.41) is 0. The fourth-order valence-corrected chi connectivity index (χ4v) is 1.61. The summed E-state index contributed by atoms with van der Waals surface area (Å²) in [5.74, 6) is 0.137. The van der Waals surface area contributed by atoms with Crippen molar-refractivity contribution in [1.29, 1.82) is 0 Å². The van der Waals surface area contributed by atoms with Gasteiger partial charge in [-0.25, -0.2) is 0 Å². The van der Waals surface area contributed by atoms with Gasteiger partial charge in [-0.1, -0.05) is 42.0 Å². The summed E-state index contributed by atoms with van der Waals surface area (Å²) < 4.78 is 0. The number of amides is 1. The maximum atomic E-state index is 11.6. The number of hydrogen-bond acceptors (Lipinski definition) is 1. The molecule has 2 nitrogen and oxygen atoms in total. The minimum absolute atomic E-state index is 0.137. The Bertz CT molecular complexity index is 381. The predicted molar refractivity (Wildman–Crippen MR) is 71.6 cm³/mol.